The summed E-state index contributed by atoms with van der Waals surface area (Å²) in [5.41, 5.74) is 5.86. The van der Waals surface area contributed by atoms with Crippen molar-refractivity contribution in [2.45, 2.75) is 38.1 Å². The van der Waals surface area contributed by atoms with E-state index < -0.39 is 0 Å². The third-order valence-electron chi connectivity index (χ3n) is 3.34. The van der Waals surface area contributed by atoms with Crippen molar-refractivity contribution >= 4 is 29.2 Å². The molecular weight excluding hydrogens is 311 g/mol. The molecule has 1 aromatic rings. The molecule has 3 N–H and O–H groups in total. The minimum Gasteiger partial charge on any atom is -0.475 e. The second kappa shape index (κ2) is 8.29. The lowest BCUT2D eigenvalue weighted by Crippen LogP contribution is -2.41. The van der Waals surface area contributed by atoms with E-state index in [1.165, 1.54) is 25.5 Å². The van der Waals surface area contributed by atoms with Crippen LogP contribution in [0.1, 0.15) is 32.1 Å². The number of nitrogens with one attached hydrogen (secondary N) is 1. The van der Waals surface area contributed by atoms with E-state index in [1.54, 1.807) is 6.07 Å². The van der Waals surface area contributed by atoms with Gasteiger partial charge in [-0.3, -0.25) is 0 Å². The van der Waals surface area contributed by atoms with Gasteiger partial charge in [0.2, 0.25) is 5.88 Å². The highest BCUT2D eigenvalue weighted by atomic mass is 35.5. The molecule has 21 heavy (non-hydrogen) atoms. The maximum atomic E-state index is 5.96. The summed E-state index contributed by atoms with van der Waals surface area (Å²) in [6.07, 6.45) is 7.65. The van der Waals surface area contributed by atoms with Crippen LogP contribution in [0.5, 0.6) is 5.88 Å². The molecule has 116 valence electrons. The minimum absolute atomic E-state index is 0.357. The fraction of sp³-hybridized carbons (Fsp3) is 0.571. The van der Waals surface area contributed by atoms with Crippen molar-refractivity contribution in [1.82, 2.24) is 10.3 Å². The number of rotatable bonds is 5. The van der Waals surface area contributed by atoms with Gasteiger partial charge in [-0.1, -0.05) is 42.5 Å². The van der Waals surface area contributed by atoms with E-state index >= 15 is 0 Å². The van der Waals surface area contributed by atoms with Crippen LogP contribution in [0.4, 0.5) is 0 Å². The lowest BCUT2D eigenvalue weighted by atomic mass is 9.96. The number of nitrogens with two attached hydrogens (primary N) is 1. The van der Waals surface area contributed by atoms with Gasteiger partial charge in [-0.2, -0.15) is 0 Å². The van der Waals surface area contributed by atoms with Crippen molar-refractivity contribution in [3.05, 3.63) is 22.3 Å². The van der Waals surface area contributed by atoms with Crippen LogP contribution < -0.4 is 15.8 Å². The number of aromatic nitrogens is 1. The summed E-state index contributed by atoms with van der Waals surface area (Å²) in [4.78, 5) is 8.25. The Hall–Kier alpha value is -1.20. The largest absolute Gasteiger partial charge is 0.475 e. The van der Waals surface area contributed by atoms with E-state index in [2.05, 4.69) is 15.3 Å². The van der Waals surface area contributed by atoms with Crippen molar-refractivity contribution in [1.29, 1.82) is 0 Å². The van der Waals surface area contributed by atoms with Crippen LogP contribution >= 0.6 is 23.2 Å². The molecule has 1 saturated carbocycles. The van der Waals surface area contributed by atoms with Crippen LogP contribution in [0.25, 0.3) is 0 Å². The smallest absolute Gasteiger partial charge is 0.232 e. The molecule has 0 atom stereocenters. The first-order valence-corrected chi connectivity index (χ1v) is 7.91. The van der Waals surface area contributed by atoms with E-state index in [4.69, 9.17) is 33.7 Å². The van der Waals surface area contributed by atoms with E-state index in [9.17, 15) is 0 Å². The van der Waals surface area contributed by atoms with Gasteiger partial charge in [0, 0.05) is 12.2 Å². The average Bonchev–Trinajstić information content (AvgIpc) is 2.46. The maximum absolute atomic E-state index is 5.96. The van der Waals surface area contributed by atoms with Crippen molar-refractivity contribution in [2.24, 2.45) is 10.7 Å². The molecule has 1 aliphatic carbocycles. The highest BCUT2D eigenvalue weighted by Crippen LogP contribution is 2.24. The van der Waals surface area contributed by atoms with Crippen molar-refractivity contribution in [3.8, 4) is 5.88 Å². The molecule has 0 spiro atoms. The number of pyridine rings is 1. The standard InChI is InChI=1S/C14H20Cl2N4O/c15-10-8-12(16)13(19-9-10)21-7-6-18-14(17)20-11-4-2-1-3-5-11/h8-9,11H,1-7H2,(H3,17,18,20). The second-order valence-corrected chi connectivity index (χ2v) is 5.88. The van der Waals surface area contributed by atoms with Crippen LogP contribution in [0, 0.1) is 0 Å². The normalized spacial score (nSPS) is 16.8. The minimum atomic E-state index is 0.357. The SMILES string of the molecule is NC(=NCCOc1ncc(Cl)cc1Cl)NC1CCCCC1. The van der Waals surface area contributed by atoms with Crippen molar-refractivity contribution in [2.75, 3.05) is 13.2 Å². The van der Waals surface area contributed by atoms with E-state index in [-0.39, 0.29) is 0 Å². The highest BCUT2D eigenvalue weighted by Gasteiger charge is 2.13. The van der Waals surface area contributed by atoms with Gasteiger partial charge in [0.05, 0.1) is 11.6 Å². The quantitative estimate of drug-likeness (QED) is 0.494. The lowest BCUT2D eigenvalue weighted by Gasteiger charge is -2.23. The molecule has 1 aromatic heterocycles. The molecule has 7 heteroatoms. The Morgan fingerprint density at radius 3 is 2.86 bits per heavy atom. The second-order valence-electron chi connectivity index (χ2n) is 5.04. The third kappa shape index (κ3) is 5.59. The Morgan fingerprint density at radius 1 is 1.38 bits per heavy atom. The number of guanidine groups is 1. The molecule has 2 rings (SSSR count). The van der Waals surface area contributed by atoms with Crippen LogP contribution in [0.3, 0.4) is 0 Å². The van der Waals surface area contributed by atoms with Gasteiger partial charge in [0.25, 0.3) is 0 Å². The van der Waals surface area contributed by atoms with Crippen LogP contribution in [0.15, 0.2) is 17.3 Å². The molecule has 0 saturated heterocycles. The molecule has 0 radical (unpaired) electrons. The molecule has 1 heterocycles. The van der Waals surface area contributed by atoms with Crippen molar-refractivity contribution < 1.29 is 4.74 Å². The molecule has 0 amide bonds. The lowest BCUT2D eigenvalue weighted by molar-refractivity contribution is 0.316. The van der Waals surface area contributed by atoms with Crippen LogP contribution in [-0.2, 0) is 0 Å². The van der Waals surface area contributed by atoms with Gasteiger partial charge in [-0.05, 0) is 18.9 Å². The molecule has 0 bridgehead atoms. The Balaban J connectivity index is 1.71. The average molecular weight is 331 g/mol. The summed E-state index contributed by atoms with van der Waals surface area (Å²) >= 11 is 11.7. The van der Waals surface area contributed by atoms with Gasteiger partial charge in [-0.25, -0.2) is 9.98 Å². The number of hydrogen-bond donors (Lipinski definition) is 2. The van der Waals surface area contributed by atoms with Crippen molar-refractivity contribution in [3.63, 3.8) is 0 Å². The maximum Gasteiger partial charge on any atom is 0.232 e. The van der Waals surface area contributed by atoms with Gasteiger partial charge in [-0.15, -0.1) is 0 Å². The predicted octanol–water partition coefficient (Wildman–Crippen LogP) is 3.00. The molecule has 1 fully saturated rings. The zero-order valence-corrected chi connectivity index (χ0v) is 13.3. The summed E-state index contributed by atoms with van der Waals surface area (Å²) in [6, 6.07) is 2.05. The molecule has 0 aliphatic heterocycles. The van der Waals surface area contributed by atoms with Crippen LogP contribution in [0.2, 0.25) is 10.0 Å². The summed E-state index contributed by atoms with van der Waals surface area (Å²) in [6.45, 7) is 0.813. The Labute approximate surface area is 134 Å². The zero-order chi connectivity index (χ0) is 15.1. The first kappa shape index (κ1) is 16.2. The monoisotopic (exact) mass is 330 g/mol. The summed E-state index contributed by atoms with van der Waals surface area (Å²) < 4.78 is 5.44. The first-order valence-electron chi connectivity index (χ1n) is 7.15. The fourth-order valence-electron chi connectivity index (χ4n) is 2.32. The van der Waals surface area contributed by atoms with E-state index in [1.807, 2.05) is 0 Å². The number of ether oxygens (including phenoxy) is 1. The first-order chi connectivity index (χ1) is 10.1. The van der Waals surface area contributed by atoms with Gasteiger partial charge in [0.15, 0.2) is 5.96 Å². The highest BCUT2D eigenvalue weighted by molar-refractivity contribution is 6.35. The topological polar surface area (TPSA) is 72.5 Å². The van der Waals surface area contributed by atoms with Gasteiger partial charge < -0.3 is 15.8 Å². The Bertz CT molecular complexity index is 490. The molecule has 0 unspecified atom stereocenters. The Morgan fingerprint density at radius 2 is 2.14 bits per heavy atom. The molecular formula is C14H20Cl2N4O. The third-order valence-corrected chi connectivity index (χ3v) is 3.82. The summed E-state index contributed by atoms with van der Waals surface area (Å²) in [5, 5.41) is 4.12. The molecule has 5 nitrogen and oxygen atoms in total. The number of aliphatic imine (C=N–C) groups is 1. The summed E-state index contributed by atoms with van der Waals surface area (Å²) in [5.74, 6) is 0.829. The molecule has 0 aromatic carbocycles. The fourth-order valence-corrected chi connectivity index (χ4v) is 2.75. The molecule has 1 aliphatic rings. The zero-order valence-electron chi connectivity index (χ0n) is 11.8. The number of nitrogens with zero attached hydrogens (tertiary/aromatic N) is 2. The summed E-state index contributed by atoms with van der Waals surface area (Å²) in [7, 11) is 0. The Kier molecular flexibility index (Phi) is 6.39. The number of halogens is 2. The number of hydrogen-bond acceptors (Lipinski definition) is 3. The van der Waals surface area contributed by atoms with E-state index in [0.717, 1.165) is 12.8 Å². The van der Waals surface area contributed by atoms with Crippen LogP contribution in [-0.4, -0.2) is 30.1 Å². The predicted molar refractivity (Wildman–Crippen MR) is 86.3 cm³/mol. The van der Waals surface area contributed by atoms with E-state index in [0.29, 0.717) is 41.1 Å². The van der Waals surface area contributed by atoms with Gasteiger partial charge >= 0.3 is 0 Å². The van der Waals surface area contributed by atoms with Gasteiger partial charge in [0.1, 0.15) is 11.6 Å².